The van der Waals surface area contributed by atoms with E-state index in [1.54, 1.807) is 19.5 Å². The van der Waals surface area contributed by atoms with Crippen LogP contribution in [0.3, 0.4) is 0 Å². The van der Waals surface area contributed by atoms with Crippen molar-refractivity contribution in [3.05, 3.63) is 102 Å². The number of hydrogen-bond donors (Lipinski definition) is 1. The summed E-state index contributed by atoms with van der Waals surface area (Å²) in [7, 11) is 1.65. The summed E-state index contributed by atoms with van der Waals surface area (Å²) < 4.78 is 5.57. The number of methoxy groups -OCH3 is 1. The van der Waals surface area contributed by atoms with E-state index in [2.05, 4.69) is 10.3 Å². The average Bonchev–Trinajstić information content (AvgIpc) is 2.81. The first-order valence-electron chi connectivity index (χ1n) is 9.71. The minimum Gasteiger partial charge on any atom is -0.496 e. The van der Waals surface area contributed by atoms with Crippen molar-refractivity contribution in [2.75, 3.05) is 12.4 Å². The number of aromatic nitrogens is 1. The second-order valence-corrected chi connectivity index (χ2v) is 7.02. The van der Waals surface area contributed by atoms with Crippen molar-refractivity contribution >= 4 is 11.6 Å². The predicted molar refractivity (Wildman–Crippen MR) is 121 cm³/mol. The van der Waals surface area contributed by atoms with Gasteiger partial charge in [-0.15, -0.1) is 0 Å². The molecule has 4 nitrogen and oxygen atoms in total. The molecule has 4 rings (SSSR count). The Balaban J connectivity index is 1.65. The lowest BCUT2D eigenvalue weighted by molar-refractivity contribution is 0.102. The molecule has 0 aliphatic carbocycles. The van der Waals surface area contributed by atoms with Crippen LogP contribution in [0, 0.1) is 6.92 Å². The van der Waals surface area contributed by atoms with Crippen molar-refractivity contribution < 1.29 is 9.53 Å². The number of rotatable bonds is 5. The fourth-order valence-corrected chi connectivity index (χ4v) is 3.38. The zero-order valence-corrected chi connectivity index (χ0v) is 16.9. The summed E-state index contributed by atoms with van der Waals surface area (Å²) in [6, 6.07) is 25.6. The summed E-state index contributed by atoms with van der Waals surface area (Å²) in [6.07, 6.45) is 3.34. The molecule has 0 saturated heterocycles. The molecule has 1 aromatic heterocycles. The van der Waals surface area contributed by atoms with Crippen LogP contribution in [0.15, 0.2) is 91.3 Å². The van der Waals surface area contributed by atoms with Gasteiger partial charge in [0.2, 0.25) is 0 Å². The largest absolute Gasteiger partial charge is 0.496 e. The van der Waals surface area contributed by atoms with E-state index < -0.39 is 0 Å². The van der Waals surface area contributed by atoms with Crippen LogP contribution in [-0.4, -0.2) is 18.0 Å². The summed E-state index contributed by atoms with van der Waals surface area (Å²) in [5.41, 5.74) is 6.05. The number of aryl methyl sites for hydroxylation is 1. The quantitative estimate of drug-likeness (QED) is 0.453. The molecule has 0 unspecified atom stereocenters. The highest BCUT2D eigenvalue weighted by Gasteiger charge is 2.14. The molecule has 0 aliphatic heterocycles. The van der Waals surface area contributed by atoms with E-state index in [1.165, 1.54) is 0 Å². The van der Waals surface area contributed by atoms with Crippen molar-refractivity contribution in [3.8, 4) is 28.0 Å². The van der Waals surface area contributed by atoms with Gasteiger partial charge in [0.1, 0.15) is 5.75 Å². The molecule has 148 valence electrons. The van der Waals surface area contributed by atoms with Crippen LogP contribution in [0.5, 0.6) is 5.75 Å². The van der Waals surface area contributed by atoms with E-state index >= 15 is 0 Å². The summed E-state index contributed by atoms with van der Waals surface area (Å²) in [6.45, 7) is 1.95. The van der Waals surface area contributed by atoms with E-state index in [4.69, 9.17) is 4.74 Å². The fraction of sp³-hybridized carbons (Fsp3) is 0.0769. The molecular weight excluding hydrogens is 372 g/mol. The van der Waals surface area contributed by atoms with Crippen LogP contribution in [0.2, 0.25) is 0 Å². The van der Waals surface area contributed by atoms with E-state index in [0.29, 0.717) is 5.56 Å². The van der Waals surface area contributed by atoms with E-state index in [9.17, 15) is 4.79 Å². The molecule has 1 heterocycles. The second kappa shape index (κ2) is 8.62. The summed E-state index contributed by atoms with van der Waals surface area (Å²) in [5.74, 6) is 0.567. The average molecular weight is 394 g/mol. The first-order chi connectivity index (χ1) is 14.7. The highest BCUT2D eigenvalue weighted by Crippen LogP contribution is 2.35. The topological polar surface area (TPSA) is 51.2 Å². The van der Waals surface area contributed by atoms with Gasteiger partial charge in [0.25, 0.3) is 5.91 Å². The molecule has 0 aliphatic rings. The van der Waals surface area contributed by atoms with Crippen LogP contribution in [0.4, 0.5) is 5.69 Å². The van der Waals surface area contributed by atoms with E-state index in [0.717, 1.165) is 39.3 Å². The van der Waals surface area contributed by atoms with E-state index in [-0.39, 0.29) is 5.91 Å². The Morgan fingerprint density at radius 1 is 0.833 bits per heavy atom. The van der Waals surface area contributed by atoms with Crippen LogP contribution in [0.1, 0.15) is 15.9 Å². The smallest absolute Gasteiger partial charge is 0.257 e. The number of hydrogen-bond acceptors (Lipinski definition) is 3. The van der Waals surface area contributed by atoms with Crippen LogP contribution in [0.25, 0.3) is 22.3 Å². The minimum absolute atomic E-state index is 0.201. The lowest BCUT2D eigenvalue weighted by Gasteiger charge is -2.15. The van der Waals surface area contributed by atoms with Gasteiger partial charge in [-0.05, 0) is 41.8 Å². The first kappa shape index (κ1) is 19.4. The normalized spacial score (nSPS) is 10.5. The molecule has 1 amide bonds. The van der Waals surface area contributed by atoms with Crippen LogP contribution < -0.4 is 10.1 Å². The zero-order chi connectivity index (χ0) is 20.9. The Bertz CT molecular complexity index is 1170. The number of amides is 1. The molecule has 30 heavy (non-hydrogen) atoms. The highest BCUT2D eigenvalue weighted by atomic mass is 16.5. The van der Waals surface area contributed by atoms with Crippen LogP contribution in [-0.2, 0) is 0 Å². The molecule has 0 spiro atoms. The molecular formula is C26H22N2O2. The van der Waals surface area contributed by atoms with Gasteiger partial charge in [-0.3, -0.25) is 9.78 Å². The number of nitrogens with zero attached hydrogens (tertiary/aromatic N) is 1. The molecule has 4 aromatic rings. The summed E-state index contributed by atoms with van der Waals surface area (Å²) in [4.78, 5) is 17.2. The third-order valence-corrected chi connectivity index (χ3v) is 4.99. The van der Waals surface area contributed by atoms with Crippen molar-refractivity contribution in [3.63, 3.8) is 0 Å². The number of pyridine rings is 1. The second-order valence-electron chi connectivity index (χ2n) is 7.02. The number of ether oxygens (including phenoxy) is 1. The van der Waals surface area contributed by atoms with E-state index in [1.807, 2.05) is 85.8 Å². The Kier molecular flexibility index (Phi) is 5.57. The predicted octanol–water partition coefficient (Wildman–Crippen LogP) is 5.98. The third kappa shape index (κ3) is 4.08. The number of benzene rings is 3. The fourth-order valence-electron chi connectivity index (χ4n) is 3.38. The zero-order valence-electron chi connectivity index (χ0n) is 16.9. The molecule has 0 fully saturated rings. The SMILES string of the molecule is COc1cc(C)c(NC(=O)c2cncc(-c3ccccc3)c2)cc1-c1ccccc1. The third-order valence-electron chi connectivity index (χ3n) is 4.99. The molecule has 0 radical (unpaired) electrons. The van der Waals surface area contributed by atoms with Crippen molar-refractivity contribution in [1.29, 1.82) is 0 Å². The van der Waals surface area contributed by atoms with Gasteiger partial charge >= 0.3 is 0 Å². The Morgan fingerprint density at radius 2 is 1.50 bits per heavy atom. The monoisotopic (exact) mass is 394 g/mol. The van der Waals surface area contributed by atoms with Gasteiger partial charge < -0.3 is 10.1 Å². The van der Waals surface area contributed by atoms with Gasteiger partial charge in [0.15, 0.2) is 0 Å². The summed E-state index contributed by atoms with van der Waals surface area (Å²) in [5, 5.41) is 3.03. The lowest BCUT2D eigenvalue weighted by Crippen LogP contribution is -2.13. The van der Waals surface area contributed by atoms with Gasteiger partial charge in [-0.25, -0.2) is 0 Å². The van der Waals surface area contributed by atoms with Crippen LogP contribution >= 0.6 is 0 Å². The molecule has 0 atom stereocenters. The molecule has 4 heteroatoms. The van der Waals surface area contributed by atoms with Gasteiger partial charge in [0.05, 0.1) is 12.7 Å². The lowest BCUT2D eigenvalue weighted by atomic mass is 10.0. The standard InChI is InChI=1S/C26H22N2O2/c1-18-13-25(30-2)23(20-11-7-4-8-12-20)15-24(18)28-26(29)22-14-21(16-27-17-22)19-9-5-3-6-10-19/h3-17H,1-2H3,(H,28,29). The van der Waals surface area contributed by atoms with Gasteiger partial charge in [0, 0.05) is 29.2 Å². The number of anilines is 1. The Labute approximate surface area is 176 Å². The molecule has 3 aromatic carbocycles. The summed E-state index contributed by atoms with van der Waals surface area (Å²) >= 11 is 0. The number of carbonyl (C=O) groups excluding carboxylic acids is 1. The van der Waals surface area contributed by atoms with Crippen molar-refractivity contribution in [2.45, 2.75) is 6.92 Å². The van der Waals surface area contributed by atoms with Crippen molar-refractivity contribution in [2.24, 2.45) is 0 Å². The maximum absolute atomic E-state index is 13.0. The highest BCUT2D eigenvalue weighted by molar-refractivity contribution is 6.05. The van der Waals surface area contributed by atoms with Gasteiger partial charge in [-0.1, -0.05) is 60.7 Å². The molecule has 0 bridgehead atoms. The molecule has 0 saturated carbocycles. The number of carbonyl (C=O) groups is 1. The number of nitrogens with one attached hydrogen (secondary N) is 1. The maximum Gasteiger partial charge on any atom is 0.257 e. The minimum atomic E-state index is -0.201. The van der Waals surface area contributed by atoms with Gasteiger partial charge in [-0.2, -0.15) is 0 Å². The maximum atomic E-state index is 13.0. The Hall–Kier alpha value is -3.92. The van der Waals surface area contributed by atoms with Crippen molar-refractivity contribution in [1.82, 2.24) is 4.98 Å². The molecule has 1 N–H and O–H groups in total. The first-order valence-corrected chi connectivity index (χ1v) is 9.71. The Morgan fingerprint density at radius 3 is 2.17 bits per heavy atom.